The minimum absolute atomic E-state index is 0.0257. The number of thioether (sulfide) groups is 1. The summed E-state index contributed by atoms with van der Waals surface area (Å²) in [5.41, 5.74) is 11.1. The molecule has 0 aromatic rings. The normalized spacial score (nSPS) is 14.5. The Bertz CT molecular complexity index is 692. The van der Waals surface area contributed by atoms with Crippen LogP contribution < -0.4 is 27.4 Å². The van der Waals surface area contributed by atoms with Crippen molar-refractivity contribution in [1.82, 2.24) is 16.0 Å². The number of amides is 3. The minimum atomic E-state index is -1.34. The highest BCUT2D eigenvalue weighted by Gasteiger charge is 2.30. The maximum atomic E-state index is 13.0. The van der Waals surface area contributed by atoms with E-state index in [1.54, 1.807) is 0 Å². The molecule has 0 saturated carbocycles. The molecule has 0 saturated heterocycles. The molecule has 3 amide bonds. The summed E-state index contributed by atoms with van der Waals surface area (Å²) in [5.74, 6) is -3.96. The van der Waals surface area contributed by atoms with Gasteiger partial charge >= 0.3 is 11.9 Å². The lowest BCUT2D eigenvalue weighted by molar-refractivity contribution is -0.142. The molecule has 12 nitrogen and oxygen atoms in total. The second kappa shape index (κ2) is 17.1. The van der Waals surface area contributed by atoms with Crippen LogP contribution in [0, 0.1) is 5.92 Å². The number of carboxylic acid groups (broad SMARTS) is 2. The van der Waals surface area contributed by atoms with Gasteiger partial charge in [-0.2, -0.15) is 11.8 Å². The Balaban J connectivity index is 5.47. The summed E-state index contributed by atoms with van der Waals surface area (Å²) < 4.78 is 0. The Hall–Kier alpha value is -2.38. The molecule has 0 aliphatic carbocycles. The number of carbonyl (C=O) groups is 5. The van der Waals surface area contributed by atoms with Gasteiger partial charge in [0.15, 0.2) is 0 Å². The number of hydrogen-bond acceptors (Lipinski definition) is 8. The third-order valence-electron chi connectivity index (χ3n) is 4.88. The molecule has 0 bridgehead atoms. The van der Waals surface area contributed by atoms with Gasteiger partial charge in [0.05, 0.1) is 12.5 Å². The first-order valence-electron chi connectivity index (χ1n) is 11.2. The maximum absolute atomic E-state index is 13.0. The van der Waals surface area contributed by atoms with E-state index in [0.717, 1.165) is 0 Å². The molecule has 0 aromatic heterocycles. The van der Waals surface area contributed by atoms with Crippen molar-refractivity contribution < 1.29 is 34.2 Å². The second-order valence-corrected chi connectivity index (χ2v) is 9.41. The van der Waals surface area contributed by atoms with Gasteiger partial charge in [0.1, 0.15) is 18.1 Å². The lowest BCUT2D eigenvalue weighted by Gasteiger charge is -2.25. The van der Waals surface area contributed by atoms with E-state index in [0.29, 0.717) is 25.1 Å². The maximum Gasteiger partial charge on any atom is 0.326 e. The molecule has 196 valence electrons. The first-order chi connectivity index (χ1) is 15.9. The van der Waals surface area contributed by atoms with Crippen LogP contribution in [0.5, 0.6) is 0 Å². The van der Waals surface area contributed by atoms with Crippen LogP contribution >= 0.6 is 11.8 Å². The van der Waals surface area contributed by atoms with Gasteiger partial charge < -0.3 is 37.6 Å². The number of nitrogens with one attached hydrogen (secondary N) is 3. The van der Waals surface area contributed by atoms with E-state index in [1.165, 1.54) is 11.8 Å². The van der Waals surface area contributed by atoms with Crippen LogP contribution in [0.2, 0.25) is 0 Å². The minimum Gasteiger partial charge on any atom is -0.481 e. The van der Waals surface area contributed by atoms with E-state index < -0.39 is 60.2 Å². The largest absolute Gasteiger partial charge is 0.481 e. The zero-order valence-corrected chi connectivity index (χ0v) is 20.9. The van der Waals surface area contributed by atoms with E-state index in [-0.39, 0.29) is 25.2 Å². The Labute approximate surface area is 204 Å². The van der Waals surface area contributed by atoms with Crippen LogP contribution in [0.3, 0.4) is 0 Å². The van der Waals surface area contributed by atoms with Gasteiger partial charge in [0.25, 0.3) is 0 Å². The predicted octanol–water partition coefficient (Wildman–Crippen LogP) is -0.744. The lowest BCUT2D eigenvalue weighted by atomic mass is 10.0. The Morgan fingerprint density at radius 3 is 1.85 bits per heavy atom. The van der Waals surface area contributed by atoms with Crippen LogP contribution in [0.1, 0.15) is 52.4 Å². The van der Waals surface area contributed by atoms with E-state index in [9.17, 15) is 29.1 Å². The predicted molar refractivity (Wildman–Crippen MR) is 129 cm³/mol. The van der Waals surface area contributed by atoms with Crippen LogP contribution in [-0.4, -0.2) is 82.6 Å². The van der Waals surface area contributed by atoms with Crippen molar-refractivity contribution in [3.05, 3.63) is 0 Å². The summed E-state index contributed by atoms with van der Waals surface area (Å²) >= 11 is 1.45. The molecule has 34 heavy (non-hydrogen) atoms. The zero-order valence-electron chi connectivity index (χ0n) is 20.0. The molecule has 0 aromatic carbocycles. The Morgan fingerprint density at radius 1 is 0.853 bits per heavy atom. The standard InChI is InChI=1S/C21H39N5O7S/c1-12(2)10-16(21(32)33)26-20(31)15(7-9-34-3)25-19(30)14(6-4-5-8-22)24-18(29)13(23)11-17(27)28/h12-16H,4-11,22-23H2,1-3H3,(H,24,29)(H,25,30)(H,26,31)(H,27,28)(H,32,33). The highest BCUT2D eigenvalue weighted by Crippen LogP contribution is 2.09. The van der Waals surface area contributed by atoms with Crippen LogP contribution in [0.15, 0.2) is 0 Å². The molecule has 0 spiro atoms. The number of aliphatic carboxylic acids is 2. The van der Waals surface area contributed by atoms with Crippen molar-refractivity contribution in [2.45, 2.75) is 76.5 Å². The molecule has 9 N–H and O–H groups in total. The number of carbonyl (C=O) groups excluding carboxylic acids is 3. The van der Waals surface area contributed by atoms with Crippen LogP contribution in [-0.2, 0) is 24.0 Å². The van der Waals surface area contributed by atoms with Gasteiger partial charge in [0.2, 0.25) is 17.7 Å². The fourth-order valence-corrected chi connectivity index (χ4v) is 3.53. The van der Waals surface area contributed by atoms with Gasteiger partial charge in [0, 0.05) is 0 Å². The average Bonchev–Trinajstić information content (AvgIpc) is 2.74. The molecule has 4 unspecified atom stereocenters. The lowest BCUT2D eigenvalue weighted by Crippen LogP contribution is -2.57. The molecule has 0 fully saturated rings. The monoisotopic (exact) mass is 505 g/mol. The summed E-state index contributed by atoms with van der Waals surface area (Å²) in [6.45, 7) is 4.05. The van der Waals surface area contributed by atoms with Gasteiger partial charge in [-0.25, -0.2) is 4.79 Å². The molecule has 0 heterocycles. The first kappa shape index (κ1) is 31.6. The van der Waals surface area contributed by atoms with Gasteiger partial charge in [-0.15, -0.1) is 0 Å². The van der Waals surface area contributed by atoms with E-state index in [1.807, 2.05) is 20.1 Å². The molecule has 0 aliphatic heterocycles. The molecule has 0 aliphatic rings. The third-order valence-corrected chi connectivity index (χ3v) is 5.52. The Kier molecular flexibility index (Phi) is 15.9. The van der Waals surface area contributed by atoms with E-state index >= 15 is 0 Å². The van der Waals surface area contributed by atoms with Crippen molar-refractivity contribution in [2.24, 2.45) is 17.4 Å². The van der Waals surface area contributed by atoms with Crippen molar-refractivity contribution in [2.75, 3.05) is 18.6 Å². The fraction of sp³-hybridized carbons (Fsp3) is 0.762. The Morgan fingerprint density at radius 2 is 1.38 bits per heavy atom. The molecule has 0 radical (unpaired) electrons. The van der Waals surface area contributed by atoms with Crippen LogP contribution in [0.25, 0.3) is 0 Å². The summed E-state index contributed by atoms with van der Waals surface area (Å²) in [6.07, 6.45) is 2.99. The molecular formula is C21H39N5O7S. The zero-order chi connectivity index (χ0) is 26.3. The highest BCUT2D eigenvalue weighted by atomic mass is 32.2. The SMILES string of the molecule is CSCCC(NC(=O)C(CCCCN)NC(=O)C(N)CC(=O)O)C(=O)NC(CC(C)C)C(=O)O. The quantitative estimate of drug-likeness (QED) is 0.116. The summed E-state index contributed by atoms with van der Waals surface area (Å²) in [5, 5.41) is 25.8. The summed E-state index contributed by atoms with van der Waals surface area (Å²) in [4.78, 5) is 60.4. The molecule has 13 heteroatoms. The van der Waals surface area contributed by atoms with E-state index in [4.69, 9.17) is 16.6 Å². The number of unbranched alkanes of at least 4 members (excludes halogenated alkanes) is 1. The van der Waals surface area contributed by atoms with Gasteiger partial charge in [-0.3, -0.25) is 19.2 Å². The fourth-order valence-electron chi connectivity index (χ4n) is 3.06. The second-order valence-electron chi connectivity index (χ2n) is 8.42. The molecular weight excluding hydrogens is 466 g/mol. The highest BCUT2D eigenvalue weighted by molar-refractivity contribution is 7.98. The number of carboxylic acids is 2. The number of nitrogens with two attached hydrogens (primary N) is 2. The van der Waals surface area contributed by atoms with Crippen molar-refractivity contribution >= 4 is 41.4 Å². The average molecular weight is 506 g/mol. The first-order valence-corrected chi connectivity index (χ1v) is 12.6. The van der Waals surface area contributed by atoms with Crippen LogP contribution in [0.4, 0.5) is 0 Å². The molecule has 0 rings (SSSR count). The topological polar surface area (TPSA) is 214 Å². The van der Waals surface area contributed by atoms with Crippen molar-refractivity contribution in [1.29, 1.82) is 0 Å². The smallest absolute Gasteiger partial charge is 0.326 e. The summed E-state index contributed by atoms with van der Waals surface area (Å²) in [6, 6.07) is -4.52. The van der Waals surface area contributed by atoms with E-state index in [2.05, 4.69) is 16.0 Å². The van der Waals surface area contributed by atoms with Gasteiger partial charge in [-0.1, -0.05) is 13.8 Å². The van der Waals surface area contributed by atoms with Crippen molar-refractivity contribution in [3.63, 3.8) is 0 Å². The number of rotatable bonds is 18. The van der Waals surface area contributed by atoms with Crippen molar-refractivity contribution in [3.8, 4) is 0 Å². The summed E-state index contributed by atoms with van der Waals surface area (Å²) in [7, 11) is 0. The number of hydrogen-bond donors (Lipinski definition) is 7. The van der Waals surface area contributed by atoms with Gasteiger partial charge in [-0.05, 0) is 56.6 Å². The third kappa shape index (κ3) is 13.4. The molecule has 4 atom stereocenters.